The topological polar surface area (TPSA) is 123 Å². The van der Waals surface area contributed by atoms with Crippen LogP contribution in [0.3, 0.4) is 0 Å². The molecule has 3 aromatic rings. The molecule has 1 aliphatic carbocycles. The van der Waals surface area contributed by atoms with Gasteiger partial charge in [-0.1, -0.05) is 24.4 Å². The zero-order valence-corrected chi connectivity index (χ0v) is 26.0. The number of nitrogens with one attached hydrogen (secondary N) is 2. The number of aromatic nitrogens is 4. The van der Waals surface area contributed by atoms with Crippen LogP contribution in [-0.4, -0.2) is 61.3 Å². The zero-order valence-electron chi connectivity index (χ0n) is 25.2. The van der Waals surface area contributed by atoms with Crippen LogP contribution in [0.15, 0.2) is 23.0 Å². The molecule has 1 aliphatic heterocycles. The number of benzene rings is 1. The number of anilines is 1. The van der Waals surface area contributed by atoms with Crippen LogP contribution in [0.2, 0.25) is 5.02 Å². The molecule has 15 heteroatoms. The first-order valence-electron chi connectivity index (χ1n) is 14.6. The molecule has 1 aromatic carbocycles. The molecule has 1 saturated heterocycles. The monoisotopic (exact) mass is 647 g/mol. The first-order chi connectivity index (χ1) is 21.2. The molecule has 240 valence electrons. The Morgan fingerprint density at radius 3 is 2.58 bits per heavy atom. The highest BCUT2D eigenvalue weighted by Gasteiger charge is 2.36. The van der Waals surface area contributed by atoms with Gasteiger partial charge >= 0.3 is 12.3 Å². The number of carbonyl (C=O) groups excluding carboxylic acids is 2. The Morgan fingerprint density at radius 2 is 1.96 bits per heavy atom. The first-order valence-corrected chi connectivity index (χ1v) is 14.9. The summed E-state index contributed by atoms with van der Waals surface area (Å²) in [5, 5.41) is 9.85. The van der Waals surface area contributed by atoms with Crippen LogP contribution >= 0.6 is 11.6 Å². The highest BCUT2D eigenvalue weighted by atomic mass is 35.5. The predicted molar refractivity (Wildman–Crippen MR) is 160 cm³/mol. The van der Waals surface area contributed by atoms with Crippen molar-refractivity contribution in [1.82, 2.24) is 29.4 Å². The third-order valence-corrected chi connectivity index (χ3v) is 7.58. The summed E-state index contributed by atoms with van der Waals surface area (Å²) in [5.74, 6) is 5.73. The molecule has 2 fully saturated rings. The van der Waals surface area contributed by atoms with Crippen molar-refractivity contribution in [3.8, 4) is 11.8 Å². The van der Waals surface area contributed by atoms with E-state index in [9.17, 15) is 27.6 Å². The van der Waals surface area contributed by atoms with E-state index < -0.39 is 47.5 Å². The van der Waals surface area contributed by atoms with E-state index in [0.717, 1.165) is 35.6 Å². The molecule has 2 aromatic heterocycles. The lowest BCUT2D eigenvalue weighted by molar-refractivity contribution is -0.137. The van der Waals surface area contributed by atoms with Gasteiger partial charge in [0, 0.05) is 31.2 Å². The van der Waals surface area contributed by atoms with Crippen LogP contribution in [0.5, 0.6) is 0 Å². The van der Waals surface area contributed by atoms with Crippen LogP contribution in [0.25, 0.3) is 5.78 Å². The molecule has 0 bridgehead atoms. The van der Waals surface area contributed by atoms with E-state index in [1.165, 1.54) is 9.47 Å². The Bertz CT molecular complexity index is 1760. The molecule has 0 radical (unpaired) electrons. The standard InChI is InChI=1S/C30H33ClF3N7O4/c1-5-21-25(22-15-35-12-13-39(22)28(44)45-29(2,3)4)26(43)41-27(37-23(38-41)11-8-17-6-7-17)40(21)16-24(42)36-20-10-9-18(14-19(20)31)30(32,33)34/h9-10,14,17,22,35H,5-7,12-13,15-16H2,1-4H3,(H,36,42). The number of piperazine rings is 1. The molecule has 45 heavy (non-hydrogen) atoms. The van der Waals surface area contributed by atoms with E-state index in [1.807, 2.05) is 0 Å². The molecule has 1 atom stereocenters. The maximum Gasteiger partial charge on any atom is 0.416 e. The molecule has 1 unspecified atom stereocenters. The van der Waals surface area contributed by atoms with Crippen LogP contribution in [0.4, 0.5) is 23.7 Å². The minimum absolute atomic E-state index is 0.0185. The minimum Gasteiger partial charge on any atom is -0.444 e. The molecule has 5 rings (SSSR count). The summed E-state index contributed by atoms with van der Waals surface area (Å²) in [6.07, 6.45) is -2.98. The van der Waals surface area contributed by atoms with E-state index >= 15 is 0 Å². The second-order valence-corrected chi connectivity index (χ2v) is 12.3. The Labute approximate surface area is 262 Å². The van der Waals surface area contributed by atoms with Crippen molar-refractivity contribution in [2.24, 2.45) is 5.92 Å². The smallest absolute Gasteiger partial charge is 0.416 e. The van der Waals surface area contributed by atoms with Gasteiger partial charge in [0.1, 0.15) is 12.1 Å². The van der Waals surface area contributed by atoms with Gasteiger partial charge in [0.15, 0.2) is 0 Å². The Morgan fingerprint density at radius 1 is 1.22 bits per heavy atom. The Kier molecular flexibility index (Phi) is 8.88. The van der Waals surface area contributed by atoms with Crippen molar-refractivity contribution in [3.63, 3.8) is 0 Å². The summed E-state index contributed by atoms with van der Waals surface area (Å²) in [6.45, 7) is 7.64. The second kappa shape index (κ2) is 12.4. The van der Waals surface area contributed by atoms with Gasteiger partial charge in [-0.3, -0.25) is 14.5 Å². The van der Waals surface area contributed by atoms with E-state index in [2.05, 4.69) is 32.6 Å². The number of fused-ring (bicyclic) bond motifs is 1. The number of alkyl halides is 3. The Hall–Kier alpha value is -4.09. The average molecular weight is 648 g/mol. The summed E-state index contributed by atoms with van der Waals surface area (Å²) in [7, 11) is 0. The molecule has 11 nitrogen and oxygen atoms in total. The number of hydrogen-bond donors (Lipinski definition) is 2. The van der Waals surface area contributed by atoms with Gasteiger partial charge in [0.25, 0.3) is 5.56 Å². The molecule has 1 saturated carbocycles. The van der Waals surface area contributed by atoms with E-state index in [1.54, 1.807) is 27.7 Å². The molecular weight excluding hydrogens is 615 g/mol. The molecule has 2 amide bonds. The molecule has 3 heterocycles. The summed E-state index contributed by atoms with van der Waals surface area (Å²) >= 11 is 6.08. The second-order valence-electron chi connectivity index (χ2n) is 11.9. The lowest BCUT2D eigenvalue weighted by atomic mass is 10.0. The predicted octanol–water partition coefficient (Wildman–Crippen LogP) is 4.41. The SMILES string of the molecule is CCc1c(C2CNCCN2C(=O)OC(C)(C)C)c(=O)n2nc(C#CC3CC3)nc2n1CC(=O)Nc1ccc(C(F)(F)F)cc1Cl. The fraction of sp³-hybridized carbons (Fsp3) is 0.500. The molecule has 2 aliphatic rings. The summed E-state index contributed by atoms with van der Waals surface area (Å²) in [5.41, 5.74) is -1.60. The van der Waals surface area contributed by atoms with Crippen LogP contribution in [-0.2, 0) is 28.7 Å². The van der Waals surface area contributed by atoms with Gasteiger partial charge in [-0.25, -0.2) is 4.79 Å². The number of rotatable bonds is 5. The Balaban J connectivity index is 1.59. The number of halogens is 4. The molecule has 2 N–H and O–H groups in total. The van der Waals surface area contributed by atoms with Gasteiger partial charge in [-0.15, -0.1) is 5.10 Å². The maximum atomic E-state index is 14.1. The van der Waals surface area contributed by atoms with Gasteiger partial charge in [-0.05, 0) is 64.2 Å². The first kappa shape index (κ1) is 32.3. The van der Waals surface area contributed by atoms with Gasteiger partial charge in [0.2, 0.25) is 17.5 Å². The maximum absolute atomic E-state index is 14.1. The number of hydrogen-bond acceptors (Lipinski definition) is 7. The van der Waals surface area contributed by atoms with E-state index in [0.29, 0.717) is 12.2 Å². The van der Waals surface area contributed by atoms with Crippen molar-refractivity contribution in [2.75, 3.05) is 25.0 Å². The van der Waals surface area contributed by atoms with E-state index in [-0.39, 0.29) is 53.3 Å². The lowest BCUT2D eigenvalue weighted by Crippen LogP contribution is -2.52. The third-order valence-electron chi connectivity index (χ3n) is 7.27. The fourth-order valence-corrected chi connectivity index (χ4v) is 5.30. The van der Waals surface area contributed by atoms with Crippen LogP contribution in [0, 0.1) is 17.8 Å². The number of carbonyl (C=O) groups is 2. The van der Waals surface area contributed by atoms with Crippen molar-refractivity contribution in [2.45, 2.75) is 71.3 Å². The van der Waals surface area contributed by atoms with Crippen LogP contribution in [0.1, 0.15) is 69.2 Å². The highest BCUT2D eigenvalue weighted by molar-refractivity contribution is 6.33. The normalized spacial score (nSPS) is 17.2. The van der Waals surface area contributed by atoms with Crippen molar-refractivity contribution >= 4 is 35.1 Å². The summed E-state index contributed by atoms with van der Waals surface area (Å²) in [6, 6.07) is 1.86. The van der Waals surface area contributed by atoms with Crippen LogP contribution < -0.4 is 16.2 Å². The quantitative estimate of drug-likeness (QED) is 0.394. The molecular formula is C30H33ClF3N7O4. The summed E-state index contributed by atoms with van der Waals surface area (Å²) < 4.78 is 47.6. The van der Waals surface area contributed by atoms with Gasteiger partial charge < -0.3 is 19.9 Å². The van der Waals surface area contributed by atoms with Crippen molar-refractivity contribution in [1.29, 1.82) is 0 Å². The molecule has 0 spiro atoms. The zero-order chi connectivity index (χ0) is 32.7. The minimum atomic E-state index is -4.60. The van der Waals surface area contributed by atoms with Crippen molar-refractivity contribution < 1.29 is 27.5 Å². The van der Waals surface area contributed by atoms with Gasteiger partial charge in [0.05, 0.1) is 27.9 Å². The van der Waals surface area contributed by atoms with E-state index in [4.69, 9.17) is 16.3 Å². The van der Waals surface area contributed by atoms with Gasteiger partial charge in [-0.2, -0.15) is 22.7 Å². The number of amides is 2. The number of nitrogens with zero attached hydrogens (tertiary/aromatic N) is 5. The van der Waals surface area contributed by atoms with Crippen molar-refractivity contribution in [3.05, 3.63) is 56.2 Å². The largest absolute Gasteiger partial charge is 0.444 e. The third kappa shape index (κ3) is 7.26. The lowest BCUT2D eigenvalue weighted by Gasteiger charge is -2.38. The summed E-state index contributed by atoms with van der Waals surface area (Å²) in [4.78, 5) is 46.7. The number of ether oxygens (including phenoxy) is 1. The fourth-order valence-electron chi connectivity index (χ4n) is 5.08. The highest BCUT2D eigenvalue weighted by Crippen LogP contribution is 2.34. The average Bonchev–Trinajstić information content (AvgIpc) is 3.69.